The van der Waals surface area contributed by atoms with Gasteiger partial charge in [-0.15, -0.1) is 11.8 Å². The van der Waals surface area contributed by atoms with Gasteiger partial charge in [0.1, 0.15) is 10.3 Å². The first-order valence-corrected chi connectivity index (χ1v) is 7.85. The third-order valence-electron chi connectivity index (χ3n) is 2.77. The van der Waals surface area contributed by atoms with E-state index in [4.69, 9.17) is 0 Å². The lowest BCUT2D eigenvalue weighted by Gasteiger charge is -2.06. The summed E-state index contributed by atoms with van der Waals surface area (Å²) < 4.78 is 0.541. The summed E-state index contributed by atoms with van der Waals surface area (Å²) in [4.78, 5) is 20.2. The fourth-order valence-corrected chi connectivity index (χ4v) is 3.09. The van der Waals surface area contributed by atoms with Crippen LogP contribution < -0.4 is 5.56 Å². The van der Waals surface area contributed by atoms with Gasteiger partial charge >= 0.3 is 0 Å². The monoisotopic (exact) mass is 338 g/mol. The topological polar surface area (TPSA) is 45.8 Å². The summed E-state index contributed by atoms with van der Waals surface area (Å²) in [5.41, 5.74) is 1.94. The van der Waals surface area contributed by atoms with Gasteiger partial charge in [0.15, 0.2) is 0 Å². The number of thioether (sulfide) groups is 1. The van der Waals surface area contributed by atoms with Gasteiger partial charge in [0.2, 0.25) is 0 Å². The highest BCUT2D eigenvalue weighted by Gasteiger charge is 2.08. The number of benzene rings is 1. The van der Waals surface area contributed by atoms with Crippen LogP contribution in [0.4, 0.5) is 0 Å². The fraction of sp³-hybridized carbons (Fsp3) is 0.286. The molecule has 0 unspecified atom stereocenters. The third-order valence-corrected chi connectivity index (χ3v) is 4.78. The molecule has 0 saturated carbocycles. The Morgan fingerprint density at radius 3 is 2.79 bits per heavy atom. The zero-order valence-electron chi connectivity index (χ0n) is 10.9. The number of nitrogens with one attached hydrogen (secondary N) is 1. The number of halogens is 1. The van der Waals surface area contributed by atoms with Crippen LogP contribution >= 0.6 is 27.7 Å². The van der Waals surface area contributed by atoms with Crippen molar-refractivity contribution in [1.29, 1.82) is 0 Å². The Morgan fingerprint density at radius 1 is 1.37 bits per heavy atom. The molecule has 2 aromatic rings. The Kier molecular flexibility index (Phi) is 4.82. The maximum atomic E-state index is 11.7. The molecule has 0 aliphatic rings. The maximum Gasteiger partial charge on any atom is 0.265 e. The number of aromatic nitrogens is 2. The van der Waals surface area contributed by atoms with Crippen molar-refractivity contribution in [2.24, 2.45) is 0 Å². The van der Waals surface area contributed by atoms with Crippen molar-refractivity contribution in [3.63, 3.8) is 0 Å². The Bertz CT molecular complexity index is 640. The molecule has 1 aromatic heterocycles. The number of hydrogen-bond acceptors (Lipinski definition) is 3. The molecule has 0 spiro atoms. The van der Waals surface area contributed by atoms with Crippen molar-refractivity contribution in [2.75, 3.05) is 0 Å². The first-order chi connectivity index (χ1) is 9.11. The number of H-pyrrole nitrogens is 1. The van der Waals surface area contributed by atoms with Crippen molar-refractivity contribution in [1.82, 2.24) is 9.97 Å². The fourth-order valence-electron chi connectivity index (χ4n) is 1.72. The number of rotatable bonds is 4. The van der Waals surface area contributed by atoms with Crippen LogP contribution in [-0.4, -0.2) is 9.97 Å². The molecular weight excluding hydrogens is 324 g/mol. The average Bonchev–Trinajstić information content (AvgIpc) is 2.41. The lowest BCUT2D eigenvalue weighted by molar-refractivity contribution is 0.906. The van der Waals surface area contributed by atoms with Crippen molar-refractivity contribution in [3.05, 3.63) is 56.2 Å². The van der Waals surface area contributed by atoms with Crippen molar-refractivity contribution in [2.45, 2.75) is 30.9 Å². The molecule has 0 aliphatic heterocycles. The summed E-state index contributed by atoms with van der Waals surface area (Å²) in [6.45, 7) is 4.07. The highest BCUT2D eigenvalue weighted by molar-refractivity contribution is 9.10. The van der Waals surface area contributed by atoms with Gasteiger partial charge in [-0.3, -0.25) is 4.79 Å². The van der Waals surface area contributed by atoms with E-state index in [1.165, 1.54) is 10.5 Å². The Hall–Kier alpha value is -1.07. The van der Waals surface area contributed by atoms with E-state index >= 15 is 0 Å². The zero-order chi connectivity index (χ0) is 13.8. The lowest BCUT2D eigenvalue weighted by Crippen LogP contribution is -2.14. The van der Waals surface area contributed by atoms with Crippen LogP contribution in [0.1, 0.15) is 24.0 Å². The summed E-state index contributed by atoms with van der Waals surface area (Å²) in [6, 6.07) is 8.20. The van der Waals surface area contributed by atoms with Gasteiger partial charge in [-0.25, -0.2) is 4.98 Å². The van der Waals surface area contributed by atoms with Crippen LogP contribution in [0.25, 0.3) is 0 Å². The molecule has 0 amide bonds. The summed E-state index contributed by atoms with van der Waals surface area (Å²) in [6.07, 6.45) is 0.743. The molecule has 0 fully saturated rings. The zero-order valence-corrected chi connectivity index (χ0v) is 13.3. The minimum Gasteiger partial charge on any atom is -0.309 e. The predicted molar refractivity (Wildman–Crippen MR) is 82.7 cm³/mol. The third kappa shape index (κ3) is 3.48. The summed E-state index contributed by atoms with van der Waals surface area (Å²) in [5.74, 6) is 1.39. The van der Waals surface area contributed by atoms with Gasteiger partial charge in [-0.05, 0) is 40.9 Å². The van der Waals surface area contributed by atoms with Crippen molar-refractivity contribution in [3.8, 4) is 0 Å². The molecular formula is C14H15BrN2OS. The minimum absolute atomic E-state index is 0.104. The summed E-state index contributed by atoms with van der Waals surface area (Å²) >= 11 is 4.96. The Balaban J connectivity index is 2.19. The van der Waals surface area contributed by atoms with Crippen LogP contribution in [0.3, 0.4) is 0 Å². The van der Waals surface area contributed by atoms with Crippen LogP contribution in [0.2, 0.25) is 0 Å². The lowest BCUT2D eigenvalue weighted by atomic mass is 10.2. The highest BCUT2D eigenvalue weighted by atomic mass is 79.9. The van der Waals surface area contributed by atoms with Gasteiger partial charge in [-0.1, -0.05) is 25.1 Å². The average molecular weight is 339 g/mol. The molecule has 100 valence electrons. The molecule has 1 heterocycles. The van der Waals surface area contributed by atoms with Crippen LogP contribution in [0.15, 0.2) is 38.4 Å². The van der Waals surface area contributed by atoms with Crippen molar-refractivity contribution < 1.29 is 0 Å². The Morgan fingerprint density at radius 2 is 2.11 bits per heavy atom. The first kappa shape index (κ1) is 14.3. The van der Waals surface area contributed by atoms with Gasteiger partial charge in [0, 0.05) is 4.90 Å². The van der Waals surface area contributed by atoms with Gasteiger partial charge in [-0.2, -0.15) is 0 Å². The molecule has 0 saturated heterocycles. The number of aryl methyl sites for hydroxylation is 2. The van der Waals surface area contributed by atoms with Crippen LogP contribution in [0.5, 0.6) is 0 Å². The molecule has 19 heavy (non-hydrogen) atoms. The van der Waals surface area contributed by atoms with Crippen LogP contribution in [-0.2, 0) is 12.2 Å². The number of aromatic amines is 1. The van der Waals surface area contributed by atoms with Gasteiger partial charge in [0.05, 0.1) is 11.4 Å². The molecule has 0 aliphatic carbocycles. The van der Waals surface area contributed by atoms with Gasteiger partial charge in [0.25, 0.3) is 5.56 Å². The number of hydrogen-bond donors (Lipinski definition) is 1. The quantitative estimate of drug-likeness (QED) is 0.864. The molecule has 5 heteroatoms. The number of nitrogens with zero attached hydrogens (tertiary/aromatic N) is 1. The molecule has 0 atom stereocenters. The van der Waals surface area contributed by atoms with Gasteiger partial charge < -0.3 is 4.98 Å². The minimum atomic E-state index is -0.104. The van der Waals surface area contributed by atoms with E-state index in [9.17, 15) is 4.79 Å². The SMILES string of the molecule is CCc1nc(CSc2ccccc2C)[nH]c(=O)c1Br. The van der Waals surface area contributed by atoms with Crippen LogP contribution in [0, 0.1) is 6.92 Å². The molecule has 0 radical (unpaired) electrons. The van der Waals surface area contributed by atoms with E-state index in [1.54, 1.807) is 11.8 Å². The second-order valence-corrected chi connectivity index (χ2v) is 5.99. The largest absolute Gasteiger partial charge is 0.309 e. The van der Waals surface area contributed by atoms with E-state index in [-0.39, 0.29) is 5.56 Å². The van der Waals surface area contributed by atoms with E-state index in [0.717, 1.165) is 17.9 Å². The van der Waals surface area contributed by atoms with E-state index < -0.39 is 0 Å². The molecule has 3 nitrogen and oxygen atoms in total. The molecule has 0 bridgehead atoms. The second kappa shape index (κ2) is 6.39. The normalized spacial score (nSPS) is 10.7. The van der Waals surface area contributed by atoms with E-state index in [0.29, 0.717) is 10.2 Å². The molecule has 2 rings (SSSR count). The molecule has 1 N–H and O–H groups in total. The van der Waals surface area contributed by atoms with E-state index in [2.05, 4.69) is 45.0 Å². The maximum absolute atomic E-state index is 11.7. The molecule has 1 aromatic carbocycles. The highest BCUT2D eigenvalue weighted by Crippen LogP contribution is 2.24. The smallest absolute Gasteiger partial charge is 0.265 e. The summed E-state index contributed by atoms with van der Waals surface area (Å²) in [7, 11) is 0. The predicted octanol–water partition coefficient (Wildman–Crippen LogP) is 3.70. The second-order valence-electron chi connectivity index (χ2n) is 4.18. The van der Waals surface area contributed by atoms with E-state index in [1.807, 2.05) is 19.1 Å². The Labute approximate surface area is 125 Å². The summed E-state index contributed by atoms with van der Waals surface area (Å²) in [5, 5.41) is 0. The van der Waals surface area contributed by atoms with Crippen molar-refractivity contribution >= 4 is 27.7 Å². The first-order valence-electron chi connectivity index (χ1n) is 6.07. The standard InChI is InChI=1S/C14H15BrN2OS/c1-3-10-13(15)14(18)17-12(16-10)8-19-11-7-5-4-6-9(11)2/h4-7H,3,8H2,1-2H3,(H,16,17,18).